The molecule has 92 valence electrons. The Morgan fingerprint density at radius 1 is 1.59 bits per heavy atom. The van der Waals surface area contributed by atoms with Gasteiger partial charge in [0.1, 0.15) is 5.39 Å². The number of ether oxygens (including phenoxy) is 1. The van der Waals surface area contributed by atoms with E-state index in [0.29, 0.717) is 24.1 Å². The smallest absolute Gasteiger partial charge is 0.264 e. The number of methoxy groups -OCH3 is 1. The first-order chi connectivity index (χ1) is 8.15. The standard InChI is InChI=1S/C11H16N4O2/c1-7-6-8-9(10(12)14-13-8)11(16)15(7)4-3-5-17-2/h6H,3-5H2,1-2H3,(H3,12,13,14). The summed E-state index contributed by atoms with van der Waals surface area (Å²) in [5.41, 5.74) is 7.15. The van der Waals surface area contributed by atoms with E-state index in [2.05, 4.69) is 10.2 Å². The minimum atomic E-state index is -0.0950. The highest BCUT2D eigenvalue weighted by Gasteiger charge is 2.11. The van der Waals surface area contributed by atoms with Crippen LogP contribution in [0, 0.1) is 6.92 Å². The number of rotatable bonds is 4. The number of aryl methyl sites for hydroxylation is 1. The molecule has 0 radical (unpaired) electrons. The first-order valence-electron chi connectivity index (χ1n) is 5.48. The molecule has 17 heavy (non-hydrogen) atoms. The molecule has 0 saturated carbocycles. The SMILES string of the molecule is COCCCn1c(C)cc2[nH]nc(N)c2c1=O. The second kappa shape index (κ2) is 4.58. The third-order valence-corrected chi connectivity index (χ3v) is 2.79. The number of hydrogen-bond acceptors (Lipinski definition) is 4. The first kappa shape index (κ1) is 11.7. The Kier molecular flexibility index (Phi) is 3.14. The second-order valence-corrected chi connectivity index (χ2v) is 3.99. The van der Waals surface area contributed by atoms with Gasteiger partial charge in [0.15, 0.2) is 5.82 Å². The lowest BCUT2D eigenvalue weighted by Gasteiger charge is -2.09. The van der Waals surface area contributed by atoms with E-state index in [-0.39, 0.29) is 11.4 Å². The number of fused-ring (bicyclic) bond motifs is 1. The van der Waals surface area contributed by atoms with Gasteiger partial charge in [-0.2, -0.15) is 5.10 Å². The molecule has 6 heteroatoms. The number of nitrogens with one attached hydrogen (secondary N) is 1. The van der Waals surface area contributed by atoms with Gasteiger partial charge in [0.2, 0.25) is 0 Å². The number of aromatic amines is 1. The average Bonchev–Trinajstić information content (AvgIpc) is 2.65. The van der Waals surface area contributed by atoms with Crippen molar-refractivity contribution in [3.63, 3.8) is 0 Å². The number of nitrogens with two attached hydrogens (primary N) is 1. The highest BCUT2D eigenvalue weighted by Crippen LogP contribution is 2.14. The van der Waals surface area contributed by atoms with Crippen molar-refractivity contribution in [1.29, 1.82) is 0 Å². The fourth-order valence-electron chi connectivity index (χ4n) is 1.93. The molecule has 2 heterocycles. The average molecular weight is 236 g/mol. The molecule has 0 saturated heterocycles. The maximum absolute atomic E-state index is 12.2. The lowest BCUT2D eigenvalue weighted by atomic mass is 10.2. The quantitative estimate of drug-likeness (QED) is 0.763. The highest BCUT2D eigenvalue weighted by molar-refractivity contribution is 5.87. The minimum absolute atomic E-state index is 0.0950. The lowest BCUT2D eigenvalue weighted by Crippen LogP contribution is -2.23. The summed E-state index contributed by atoms with van der Waals surface area (Å²) in [4.78, 5) is 12.2. The van der Waals surface area contributed by atoms with Crippen LogP contribution in [0.5, 0.6) is 0 Å². The van der Waals surface area contributed by atoms with Crippen molar-refractivity contribution in [2.45, 2.75) is 19.9 Å². The van der Waals surface area contributed by atoms with Crippen molar-refractivity contribution < 1.29 is 4.74 Å². The van der Waals surface area contributed by atoms with Gasteiger partial charge in [-0.1, -0.05) is 0 Å². The summed E-state index contributed by atoms with van der Waals surface area (Å²) in [5.74, 6) is 0.255. The van der Waals surface area contributed by atoms with Crippen molar-refractivity contribution in [2.75, 3.05) is 19.5 Å². The Balaban J connectivity index is 2.47. The van der Waals surface area contributed by atoms with E-state index in [9.17, 15) is 4.79 Å². The molecule has 0 aliphatic rings. The Morgan fingerprint density at radius 3 is 3.06 bits per heavy atom. The van der Waals surface area contributed by atoms with Crippen LogP contribution in [0.25, 0.3) is 10.9 Å². The molecule has 6 nitrogen and oxygen atoms in total. The summed E-state index contributed by atoms with van der Waals surface area (Å²) in [7, 11) is 1.65. The largest absolute Gasteiger partial charge is 0.385 e. The first-order valence-corrected chi connectivity index (χ1v) is 5.48. The zero-order chi connectivity index (χ0) is 12.4. The Labute approximate surface area is 98.4 Å². The summed E-state index contributed by atoms with van der Waals surface area (Å²) in [6.45, 7) is 3.15. The monoisotopic (exact) mass is 236 g/mol. The third kappa shape index (κ3) is 2.03. The van der Waals surface area contributed by atoms with Crippen LogP contribution in [-0.2, 0) is 11.3 Å². The van der Waals surface area contributed by atoms with Crippen LogP contribution >= 0.6 is 0 Å². The minimum Gasteiger partial charge on any atom is -0.385 e. The Morgan fingerprint density at radius 2 is 2.35 bits per heavy atom. The molecule has 2 aromatic heterocycles. The summed E-state index contributed by atoms with van der Waals surface area (Å²) >= 11 is 0. The van der Waals surface area contributed by atoms with Crippen LogP contribution in [0.15, 0.2) is 10.9 Å². The molecular formula is C11H16N4O2. The number of nitrogens with zero attached hydrogens (tertiary/aromatic N) is 2. The van der Waals surface area contributed by atoms with E-state index in [0.717, 1.165) is 12.1 Å². The molecule has 0 aliphatic heterocycles. The topological polar surface area (TPSA) is 85.9 Å². The molecule has 0 amide bonds. The van der Waals surface area contributed by atoms with Crippen molar-refractivity contribution >= 4 is 16.7 Å². The zero-order valence-corrected chi connectivity index (χ0v) is 9.99. The van der Waals surface area contributed by atoms with Gasteiger partial charge in [-0.15, -0.1) is 0 Å². The molecule has 0 unspecified atom stereocenters. The van der Waals surface area contributed by atoms with Crippen LogP contribution in [0.3, 0.4) is 0 Å². The van der Waals surface area contributed by atoms with E-state index in [4.69, 9.17) is 10.5 Å². The molecular weight excluding hydrogens is 220 g/mol. The van der Waals surface area contributed by atoms with E-state index in [1.165, 1.54) is 0 Å². The number of anilines is 1. The number of hydrogen-bond donors (Lipinski definition) is 2. The van der Waals surface area contributed by atoms with E-state index >= 15 is 0 Å². The molecule has 0 spiro atoms. The van der Waals surface area contributed by atoms with Gasteiger partial charge in [0, 0.05) is 26.0 Å². The molecule has 3 N–H and O–H groups in total. The van der Waals surface area contributed by atoms with Crippen LogP contribution < -0.4 is 11.3 Å². The normalized spacial score (nSPS) is 11.2. The van der Waals surface area contributed by atoms with E-state index in [1.807, 2.05) is 13.0 Å². The van der Waals surface area contributed by atoms with Crippen LogP contribution in [0.2, 0.25) is 0 Å². The van der Waals surface area contributed by atoms with Gasteiger partial charge in [0.05, 0.1) is 5.52 Å². The predicted molar refractivity (Wildman–Crippen MR) is 66.0 cm³/mol. The van der Waals surface area contributed by atoms with Gasteiger partial charge < -0.3 is 15.0 Å². The molecule has 2 aromatic rings. The summed E-state index contributed by atoms with van der Waals surface area (Å²) < 4.78 is 6.68. The summed E-state index contributed by atoms with van der Waals surface area (Å²) in [5, 5.41) is 7.07. The predicted octanol–water partition coefficient (Wildman–Crippen LogP) is 0.652. The fourth-order valence-corrected chi connectivity index (χ4v) is 1.93. The van der Waals surface area contributed by atoms with Crippen molar-refractivity contribution in [2.24, 2.45) is 0 Å². The van der Waals surface area contributed by atoms with Gasteiger partial charge in [0.25, 0.3) is 5.56 Å². The van der Waals surface area contributed by atoms with Gasteiger partial charge >= 0.3 is 0 Å². The van der Waals surface area contributed by atoms with E-state index in [1.54, 1.807) is 11.7 Å². The van der Waals surface area contributed by atoms with Crippen LogP contribution in [0.4, 0.5) is 5.82 Å². The van der Waals surface area contributed by atoms with Gasteiger partial charge in [-0.3, -0.25) is 9.89 Å². The third-order valence-electron chi connectivity index (χ3n) is 2.79. The number of nitrogen functional groups attached to an aromatic ring is 1. The summed E-state index contributed by atoms with van der Waals surface area (Å²) in [6, 6.07) is 1.88. The Hall–Kier alpha value is -1.82. The number of aromatic nitrogens is 3. The van der Waals surface area contributed by atoms with Crippen molar-refractivity contribution in [1.82, 2.24) is 14.8 Å². The molecule has 0 atom stereocenters. The highest BCUT2D eigenvalue weighted by atomic mass is 16.5. The number of pyridine rings is 1. The van der Waals surface area contributed by atoms with Crippen molar-refractivity contribution in [3.8, 4) is 0 Å². The molecule has 2 rings (SSSR count). The summed E-state index contributed by atoms with van der Waals surface area (Å²) in [6.07, 6.45) is 0.792. The maximum Gasteiger partial charge on any atom is 0.264 e. The maximum atomic E-state index is 12.2. The Bertz CT molecular complexity index is 585. The lowest BCUT2D eigenvalue weighted by molar-refractivity contribution is 0.190. The van der Waals surface area contributed by atoms with Crippen molar-refractivity contribution in [3.05, 3.63) is 22.1 Å². The molecule has 0 fully saturated rings. The molecule has 0 bridgehead atoms. The van der Waals surface area contributed by atoms with Crippen LogP contribution in [-0.4, -0.2) is 28.5 Å². The number of H-pyrrole nitrogens is 1. The van der Waals surface area contributed by atoms with Gasteiger partial charge in [-0.25, -0.2) is 0 Å². The molecule has 0 aromatic carbocycles. The van der Waals surface area contributed by atoms with Gasteiger partial charge in [-0.05, 0) is 19.4 Å². The second-order valence-electron chi connectivity index (χ2n) is 3.99. The van der Waals surface area contributed by atoms with E-state index < -0.39 is 0 Å². The molecule has 0 aliphatic carbocycles. The van der Waals surface area contributed by atoms with Crippen LogP contribution in [0.1, 0.15) is 12.1 Å². The zero-order valence-electron chi connectivity index (χ0n) is 9.99. The fraction of sp³-hybridized carbons (Fsp3) is 0.455.